The molecule has 2 fully saturated rings. The van der Waals surface area contributed by atoms with Gasteiger partial charge in [0.05, 0.1) is 11.7 Å². The number of likely N-dealkylation sites (tertiary alicyclic amines) is 1. The summed E-state index contributed by atoms with van der Waals surface area (Å²) in [4.78, 5) is 14.4. The second-order valence-electron chi connectivity index (χ2n) is 8.81. The Morgan fingerprint density at radius 2 is 1.79 bits per heavy atom. The smallest absolute Gasteiger partial charge is 0.223 e. The summed E-state index contributed by atoms with van der Waals surface area (Å²) in [5.41, 5.74) is 1.25. The maximum Gasteiger partial charge on any atom is 0.223 e. The van der Waals surface area contributed by atoms with E-state index < -0.39 is 0 Å². The van der Waals surface area contributed by atoms with Crippen LogP contribution in [0.25, 0.3) is 0 Å². The second kappa shape index (κ2) is 7.24. The van der Waals surface area contributed by atoms with E-state index in [0.717, 1.165) is 25.9 Å². The molecular formula is C19H32N4O. The van der Waals surface area contributed by atoms with E-state index in [1.54, 1.807) is 0 Å². The molecule has 1 aliphatic carbocycles. The summed E-state index contributed by atoms with van der Waals surface area (Å²) >= 11 is 0. The molecule has 1 saturated heterocycles. The lowest BCUT2D eigenvalue weighted by Crippen LogP contribution is -2.40. The molecule has 5 heteroatoms. The molecule has 1 amide bonds. The van der Waals surface area contributed by atoms with Crippen LogP contribution in [0.15, 0.2) is 6.20 Å². The molecule has 0 radical (unpaired) electrons. The number of amides is 1. The number of rotatable bonds is 3. The molecule has 2 heterocycles. The molecule has 1 aromatic heterocycles. The van der Waals surface area contributed by atoms with Crippen molar-refractivity contribution in [1.82, 2.24) is 19.9 Å². The minimum Gasteiger partial charge on any atom is -0.343 e. The van der Waals surface area contributed by atoms with Gasteiger partial charge in [-0.2, -0.15) is 0 Å². The fraction of sp³-hybridized carbons (Fsp3) is 0.842. The normalized spacial score (nSPS) is 21.2. The predicted octanol–water partition coefficient (Wildman–Crippen LogP) is 3.93. The molecule has 1 saturated carbocycles. The van der Waals surface area contributed by atoms with Gasteiger partial charge in [-0.05, 0) is 31.1 Å². The van der Waals surface area contributed by atoms with E-state index in [-0.39, 0.29) is 5.41 Å². The standard InChI is InChI=1S/C19H32N4O/c1-19(2,3)13-18(24)22-11-9-16(10-12-22)23-14-17(20-21-23)15-7-5-4-6-8-15/h14-16H,4-13H2,1-3H3. The number of nitrogens with zero attached hydrogens (tertiary/aromatic N) is 4. The lowest BCUT2D eigenvalue weighted by Gasteiger charge is -2.33. The molecule has 5 nitrogen and oxygen atoms in total. The number of hydrogen-bond donors (Lipinski definition) is 0. The molecule has 134 valence electrons. The van der Waals surface area contributed by atoms with Crippen LogP contribution < -0.4 is 0 Å². The molecule has 0 N–H and O–H groups in total. The molecule has 1 aromatic rings. The fourth-order valence-corrected chi connectivity index (χ4v) is 4.00. The van der Waals surface area contributed by atoms with Crippen molar-refractivity contribution in [2.75, 3.05) is 13.1 Å². The van der Waals surface area contributed by atoms with Gasteiger partial charge in [0.25, 0.3) is 0 Å². The number of carbonyl (C=O) groups is 1. The van der Waals surface area contributed by atoms with Crippen molar-refractivity contribution in [3.8, 4) is 0 Å². The highest BCUT2D eigenvalue weighted by molar-refractivity contribution is 5.76. The number of aromatic nitrogens is 3. The first-order chi connectivity index (χ1) is 11.4. The number of hydrogen-bond acceptors (Lipinski definition) is 3. The monoisotopic (exact) mass is 332 g/mol. The van der Waals surface area contributed by atoms with Gasteiger partial charge in [-0.1, -0.05) is 45.2 Å². The third-order valence-corrected chi connectivity index (χ3v) is 5.42. The van der Waals surface area contributed by atoms with E-state index in [2.05, 4.69) is 42.0 Å². The summed E-state index contributed by atoms with van der Waals surface area (Å²) in [5.74, 6) is 0.906. The first-order valence-corrected chi connectivity index (χ1v) is 9.62. The average molecular weight is 332 g/mol. The molecule has 0 atom stereocenters. The van der Waals surface area contributed by atoms with Crippen LogP contribution in [0.3, 0.4) is 0 Å². The Hall–Kier alpha value is -1.39. The highest BCUT2D eigenvalue weighted by atomic mass is 16.2. The zero-order chi connectivity index (χ0) is 17.2. The largest absolute Gasteiger partial charge is 0.343 e. The van der Waals surface area contributed by atoms with Crippen molar-refractivity contribution in [3.63, 3.8) is 0 Å². The Bertz CT molecular complexity index is 546. The van der Waals surface area contributed by atoms with Gasteiger partial charge in [0, 0.05) is 31.6 Å². The Balaban J connectivity index is 1.53. The van der Waals surface area contributed by atoms with Crippen molar-refractivity contribution >= 4 is 5.91 Å². The van der Waals surface area contributed by atoms with Gasteiger partial charge in [0.2, 0.25) is 5.91 Å². The maximum atomic E-state index is 12.4. The second-order valence-corrected chi connectivity index (χ2v) is 8.81. The molecule has 3 rings (SSSR count). The maximum absolute atomic E-state index is 12.4. The first-order valence-electron chi connectivity index (χ1n) is 9.62. The van der Waals surface area contributed by atoms with Crippen LogP contribution in [-0.4, -0.2) is 38.9 Å². The first kappa shape index (κ1) is 17.4. The van der Waals surface area contributed by atoms with Crippen LogP contribution in [0, 0.1) is 5.41 Å². The van der Waals surface area contributed by atoms with Gasteiger partial charge in [0.15, 0.2) is 0 Å². The summed E-state index contributed by atoms with van der Waals surface area (Å²) in [6.07, 6.45) is 11.3. The SMILES string of the molecule is CC(C)(C)CC(=O)N1CCC(n2cc(C3CCCCC3)nn2)CC1. The van der Waals surface area contributed by atoms with E-state index in [1.807, 2.05) is 4.90 Å². The van der Waals surface area contributed by atoms with Gasteiger partial charge in [-0.15, -0.1) is 5.10 Å². The van der Waals surface area contributed by atoms with Gasteiger partial charge in [-0.3, -0.25) is 4.79 Å². The van der Waals surface area contributed by atoms with E-state index in [4.69, 9.17) is 0 Å². The van der Waals surface area contributed by atoms with Gasteiger partial charge in [-0.25, -0.2) is 4.68 Å². The molecular weight excluding hydrogens is 300 g/mol. The molecule has 0 unspecified atom stereocenters. The summed E-state index contributed by atoms with van der Waals surface area (Å²) < 4.78 is 2.06. The van der Waals surface area contributed by atoms with Crippen molar-refractivity contribution in [2.24, 2.45) is 5.41 Å². The fourth-order valence-electron chi connectivity index (χ4n) is 4.00. The third-order valence-electron chi connectivity index (χ3n) is 5.42. The lowest BCUT2D eigenvalue weighted by atomic mass is 9.87. The summed E-state index contributed by atoms with van der Waals surface area (Å²) in [7, 11) is 0. The highest BCUT2D eigenvalue weighted by Gasteiger charge is 2.27. The summed E-state index contributed by atoms with van der Waals surface area (Å²) in [6.45, 7) is 8.07. The van der Waals surface area contributed by atoms with Crippen LogP contribution >= 0.6 is 0 Å². The molecule has 0 bridgehead atoms. The minimum absolute atomic E-state index is 0.0642. The minimum atomic E-state index is 0.0642. The topological polar surface area (TPSA) is 51.0 Å². The van der Waals surface area contributed by atoms with E-state index in [0.29, 0.717) is 24.3 Å². The Labute approximate surface area is 145 Å². The van der Waals surface area contributed by atoms with Crippen molar-refractivity contribution < 1.29 is 4.79 Å². The van der Waals surface area contributed by atoms with Crippen molar-refractivity contribution in [2.45, 2.75) is 84.1 Å². The molecule has 2 aliphatic rings. The van der Waals surface area contributed by atoms with Gasteiger partial charge < -0.3 is 4.90 Å². The quantitative estimate of drug-likeness (QED) is 0.843. The molecule has 1 aliphatic heterocycles. The molecule has 24 heavy (non-hydrogen) atoms. The van der Waals surface area contributed by atoms with Crippen LogP contribution in [0.2, 0.25) is 0 Å². The number of piperidine rings is 1. The zero-order valence-corrected chi connectivity index (χ0v) is 15.5. The van der Waals surface area contributed by atoms with E-state index >= 15 is 0 Å². The van der Waals surface area contributed by atoms with Crippen molar-refractivity contribution in [3.05, 3.63) is 11.9 Å². The van der Waals surface area contributed by atoms with E-state index in [1.165, 1.54) is 37.8 Å². The molecule has 0 spiro atoms. The Morgan fingerprint density at radius 3 is 2.42 bits per heavy atom. The zero-order valence-electron chi connectivity index (χ0n) is 15.5. The van der Waals surface area contributed by atoms with Crippen LogP contribution in [-0.2, 0) is 4.79 Å². The van der Waals surface area contributed by atoms with E-state index in [9.17, 15) is 4.79 Å². The van der Waals surface area contributed by atoms with Crippen LogP contribution in [0.1, 0.15) is 89.8 Å². The van der Waals surface area contributed by atoms with Gasteiger partial charge >= 0.3 is 0 Å². The Kier molecular flexibility index (Phi) is 5.26. The molecule has 0 aromatic carbocycles. The summed E-state index contributed by atoms with van der Waals surface area (Å²) in [6, 6.07) is 0.397. The third kappa shape index (κ3) is 4.37. The van der Waals surface area contributed by atoms with Crippen LogP contribution in [0.5, 0.6) is 0 Å². The predicted molar refractivity (Wildman–Crippen MR) is 94.8 cm³/mol. The number of carbonyl (C=O) groups excluding carboxylic acids is 1. The lowest BCUT2D eigenvalue weighted by molar-refractivity contribution is -0.134. The van der Waals surface area contributed by atoms with Gasteiger partial charge in [0.1, 0.15) is 0 Å². The van der Waals surface area contributed by atoms with Crippen LogP contribution in [0.4, 0.5) is 0 Å². The summed E-state index contributed by atoms with van der Waals surface area (Å²) in [5, 5.41) is 8.86. The Morgan fingerprint density at radius 1 is 1.12 bits per heavy atom. The highest BCUT2D eigenvalue weighted by Crippen LogP contribution is 2.32. The van der Waals surface area contributed by atoms with Crippen molar-refractivity contribution in [1.29, 1.82) is 0 Å². The average Bonchev–Trinajstić information content (AvgIpc) is 3.04.